The number of ether oxygens (including phenoxy) is 3. The molecule has 1 aromatic rings. The molecule has 1 aromatic carbocycles. The van der Waals surface area contributed by atoms with Gasteiger partial charge >= 0.3 is 0 Å². The third-order valence-corrected chi connectivity index (χ3v) is 4.47. The summed E-state index contributed by atoms with van der Waals surface area (Å²) in [6, 6.07) is 5.89. The van der Waals surface area contributed by atoms with Crippen molar-refractivity contribution in [1.82, 2.24) is 10.2 Å². The molecule has 0 aromatic heterocycles. The maximum atomic E-state index is 12.4. The molecule has 0 saturated carbocycles. The lowest BCUT2D eigenvalue weighted by Gasteiger charge is -2.24. The standard InChI is InChI=1S/C19H30N2O4/c1-5-15(13-23-3)20-19(22)12-21-10-14-9-17(24-4)7-8-18(14)25-16(6-2)11-21/h7-9,15-16H,5-6,10-13H2,1-4H3,(H,20,22). The topological polar surface area (TPSA) is 60.0 Å². The quantitative estimate of drug-likeness (QED) is 0.779. The summed E-state index contributed by atoms with van der Waals surface area (Å²) in [4.78, 5) is 14.6. The van der Waals surface area contributed by atoms with Crippen molar-refractivity contribution in [2.45, 2.75) is 45.4 Å². The molecule has 0 aliphatic carbocycles. The number of nitrogens with zero attached hydrogens (tertiary/aromatic N) is 1. The Morgan fingerprint density at radius 2 is 2.20 bits per heavy atom. The summed E-state index contributed by atoms with van der Waals surface area (Å²) >= 11 is 0. The maximum Gasteiger partial charge on any atom is 0.234 e. The third kappa shape index (κ3) is 5.61. The average Bonchev–Trinajstić information content (AvgIpc) is 2.78. The Bertz CT molecular complexity index is 564. The van der Waals surface area contributed by atoms with Crippen molar-refractivity contribution in [3.63, 3.8) is 0 Å². The Hall–Kier alpha value is -1.79. The van der Waals surface area contributed by atoms with E-state index in [0.29, 0.717) is 19.7 Å². The molecular weight excluding hydrogens is 320 g/mol. The van der Waals surface area contributed by atoms with Crippen LogP contribution in [-0.2, 0) is 16.1 Å². The van der Waals surface area contributed by atoms with Gasteiger partial charge in [0.1, 0.15) is 17.6 Å². The van der Waals surface area contributed by atoms with Crippen LogP contribution in [0.25, 0.3) is 0 Å². The van der Waals surface area contributed by atoms with Crippen LogP contribution in [-0.4, -0.2) is 56.9 Å². The molecule has 6 nitrogen and oxygen atoms in total. The van der Waals surface area contributed by atoms with Crippen LogP contribution in [0.3, 0.4) is 0 Å². The van der Waals surface area contributed by atoms with Crippen molar-refractivity contribution in [2.24, 2.45) is 0 Å². The number of methoxy groups -OCH3 is 2. The second-order valence-electron chi connectivity index (χ2n) is 6.42. The van der Waals surface area contributed by atoms with E-state index in [9.17, 15) is 4.79 Å². The minimum Gasteiger partial charge on any atom is -0.497 e. The van der Waals surface area contributed by atoms with E-state index < -0.39 is 0 Å². The summed E-state index contributed by atoms with van der Waals surface area (Å²) in [5.74, 6) is 1.69. The second kappa shape index (κ2) is 9.63. The normalized spacial score (nSPS) is 18.6. The summed E-state index contributed by atoms with van der Waals surface area (Å²) < 4.78 is 16.6. The zero-order valence-electron chi connectivity index (χ0n) is 15.7. The van der Waals surface area contributed by atoms with E-state index in [2.05, 4.69) is 17.1 Å². The highest BCUT2D eigenvalue weighted by Gasteiger charge is 2.24. The van der Waals surface area contributed by atoms with Crippen LogP contribution in [0.1, 0.15) is 32.3 Å². The van der Waals surface area contributed by atoms with Crippen molar-refractivity contribution in [2.75, 3.05) is 33.9 Å². The molecule has 1 aliphatic heterocycles. The minimum absolute atomic E-state index is 0.0186. The summed E-state index contributed by atoms with van der Waals surface area (Å²) in [6.45, 7) is 6.40. The highest BCUT2D eigenvalue weighted by molar-refractivity contribution is 5.78. The molecule has 1 amide bonds. The van der Waals surface area contributed by atoms with E-state index >= 15 is 0 Å². The van der Waals surface area contributed by atoms with E-state index in [-0.39, 0.29) is 18.1 Å². The number of nitrogens with one attached hydrogen (secondary N) is 1. The van der Waals surface area contributed by atoms with Crippen molar-refractivity contribution in [3.05, 3.63) is 23.8 Å². The molecule has 0 spiro atoms. The molecule has 25 heavy (non-hydrogen) atoms. The van der Waals surface area contributed by atoms with Gasteiger partial charge in [0.2, 0.25) is 5.91 Å². The molecule has 1 N–H and O–H groups in total. The molecule has 0 bridgehead atoms. The Balaban J connectivity index is 2.07. The van der Waals surface area contributed by atoms with Gasteiger partial charge < -0.3 is 19.5 Å². The number of amides is 1. The number of benzene rings is 1. The molecule has 2 atom stereocenters. The maximum absolute atomic E-state index is 12.4. The third-order valence-electron chi connectivity index (χ3n) is 4.47. The van der Waals surface area contributed by atoms with Gasteiger partial charge in [-0.3, -0.25) is 9.69 Å². The number of carbonyl (C=O) groups excluding carboxylic acids is 1. The Morgan fingerprint density at radius 3 is 2.84 bits per heavy atom. The molecule has 6 heteroatoms. The zero-order valence-corrected chi connectivity index (χ0v) is 15.7. The van der Waals surface area contributed by atoms with Crippen LogP contribution in [0, 0.1) is 0 Å². The zero-order chi connectivity index (χ0) is 18.2. The van der Waals surface area contributed by atoms with E-state index in [1.54, 1.807) is 14.2 Å². The molecule has 140 valence electrons. The van der Waals surface area contributed by atoms with Crippen molar-refractivity contribution in [3.8, 4) is 11.5 Å². The Labute approximate surface area is 150 Å². The molecule has 2 rings (SSSR count). The van der Waals surface area contributed by atoms with Gasteiger partial charge in [-0.2, -0.15) is 0 Å². The molecule has 0 saturated heterocycles. The minimum atomic E-state index is 0.0186. The lowest BCUT2D eigenvalue weighted by molar-refractivity contribution is -0.123. The van der Waals surface area contributed by atoms with Crippen LogP contribution in [0.15, 0.2) is 18.2 Å². The molecule has 1 heterocycles. The van der Waals surface area contributed by atoms with Gasteiger partial charge in [0.15, 0.2) is 0 Å². The van der Waals surface area contributed by atoms with E-state index in [0.717, 1.165) is 36.4 Å². The Morgan fingerprint density at radius 1 is 1.40 bits per heavy atom. The second-order valence-corrected chi connectivity index (χ2v) is 6.42. The van der Waals surface area contributed by atoms with Crippen LogP contribution in [0.2, 0.25) is 0 Å². The molecule has 0 radical (unpaired) electrons. The summed E-state index contributed by atoms with van der Waals surface area (Å²) in [7, 11) is 3.30. The predicted octanol–water partition coefficient (Wildman–Crippen LogP) is 2.21. The van der Waals surface area contributed by atoms with Gasteiger partial charge in [0.25, 0.3) is 0 Å². The van der Waals surface area contributed by atoms with Crippen LogP contribution < -0.4 is 14.8 Å². The smallest absolute Gasteiger partial charge is 0.234 e. The summed E-state index contributed by atoms with van der Waals surface area (Å²) in [6.07, 6.45) is 1.81. The number of hydrogen-bond acceptors (Lipinski definition) is 5. The SMILES string of the molecule is CCC(COC)NC(=O)CN1Cc2cc(OC)ccc2OC(CC)C1. The fourth-order valence-electron chi connectivity index (χ4n) is 3.00. The van der Waals surface area contributed by atoms with Gasteiger partial charge in [-0.25, -0.2) is 0 Å². The Kier molecular flexibility index (Phi) is 7.52. The van der Waals surface area contributed by atoms with Gasteiger partial charge in [-0.15, -0.1) is 0 Å². The number of hydrogen-bond donors (Lipinski definition) is 1. The fraction of sp³-hybridized carbons (Fsp3) is 0.632. The van der Waals surface area contributed by atoms with E-state index in [4.69, 9.17) is 14.2 Å². The molecule has 0 fully saturated rings. The number of fused-ring (bicyclic) bond motifs is 1. The highest BCUT2D eigenvalue weighted by atomic mass is 16.5. The average molecular weight is 350 g/mol. The van der Waals surface area contributed by atoms with Gasteiger partial charge in [-0.1, -0.05) is 13.8 Å². The molecule has 2 unspecified atom stereocenters. The highest BCUT2D eigenvalue weighted by Crippen LogP contribution is 2.29. The largest absolute Gasteiger partial charge is 0.497 e. The van der Waals surface area contributed by atoms with E-state index in [1.807, 2.05) is 25.1 Å². The van der Waals surface area contributed by atoms with Gasteiger partial charge in [0.05, 0.1) is 26.3 Å². The first-order valence-electron chi connectivity index (χ1n) is 8.93. The van der Waals surface area contributed by atoms with Crippen molar-refractivity contribution >= 4 is 5.91 Å². The van der Waals surface area contributed by atoms with Crippen LogP contribution >= 0.6 is 0 Å². The first kappa shape index (κ1) is 19.5. The first-order chi connectivity index (χ1) is 12.1. The van der Waals surface area contributed by atoms with Gasteiger partial charge in [-0.05, 0) is 31.0 Å². The summed E-state index contributed by atoms with van der Waals surface area (Å²) in [5, 5.41) is 3.04. The number of carbonyl (C=O) groups is 1. The van der Waals surface area contributed by atoms with Crippen molar-refractivity contribution < 1.29 is 19.0 Å². The van der Waals surface area contributed by atoms with Crippen LogP contribution in [0.4, 0.5) is 0 Å². The molecule has 1 aliphatic rings. The van der Waals surface area contributed by atoms with Crippen molar-refractivity contribution in [1.29, 1.82) is 0 Å². The lowest BCUT2D eigenvalue weighted by atomic mass is 10.1. The number of rotatable bonds is 8. The van der Waals surface area contributed by atoms with Crippen LogP contribution in [0.5, 0.6) is 11.5 Å². The first-order valence-corrected chi connectivity index (χ1v) is 8.93. The van der Waals surface area contributed by atoms with Gasteiger partial charge in [0, 0.05) is 25.8 Å². The predicted molar refractivity (Wildman–Crippen MR) is 97.1 cm³/mol. The van der Waals surface area contributed by atoms with E-state index in [1.165, 1.54) is 0 Å². The lowest BCUT2D eigenvalue weighted by Crippen LogP contribution is -2.45. The summed E-state index contributed by atoms with van der Waals surface area (Å²) in [5.41, 5.74) is 1.05. The molecular formula is C19H30N2O4. The fourth-order valence-corrected chi connectivity index (χ4v) is 3.00. The monoisotopic (exact) mass is 350 g/mol.